The minimum absolute atomic E-state index is 0.0392. The lowest BCUT2D eigenvalue weighted by Crippen LogP contribution is -2.33. The molecule has 20 heavy (non-hydrogen) atoms. The summed E-state index contributed by atoms with van der Waals surface area (Å²) in [6.07, 6.45) is 0.834. The fourth-order valence-corrected chi connectivity index (χ4v) is 2.12. The van der Waals surface area contributed by atoms with Crippen LogP contribution >= 0.6 is 23.2 Å². The van der Waals surface area contributed by atoms with E-state index in [4.69, 9.17) is 27.9 Å². The Morgan fingerprint density at radius 2 is 1.95 bits per heavy atom. The maximum Gasteiger partial charge on any atom is 0.320 e. The van der Waals surface area contributed by atoms with Crippen molar-refractivity contribution < 1.29 is 9.53 Å². The first kappa shape index (κ1) is 17.3. The number of nitrogens with one attached hydrogen (secondary N) is 1. The average molecular weight is 318 g/mol. The average Bonchev–Trinajstić information content (AvgIpc) is 2.32. The van der Waals surface area contributed by atoms with Crippen molar-refractivity contribution in [1.29, 1.82) is 0 Å². The van der Waals surface area contributed by atoms with E-state index in [-0.39, 0.29) is 18.6 Å². The smallest absolute Gasteiger partial charge is 0.320 e. The molecule has 1 atom stereocenters. The Kier molecular flexibility index (Phi) is 6.31. The molecule has 0 aromatic heterocycles. The highest BCUT2D eigenvalue weighted by atomic mass is 35.5. The first-order valence-corrected chi connectivity index (χ1v) is 7.38. The Morgan fingerprint density at radius 3 is 2.45 bits per heavy atom. The molecular weight excluding hydrogens is 297 g/mol. The van der Waals surface area contributed by atoms with Crippen molar-refractivity contribution in [3.63, 3.8) is 0 Å². The number of benzene rings is 1. The van der Waals surface area contributed by atoms with Gasteiger partial charge in [0.25, 0.3) is 0 Å². The van der Waals surface area contributed by atoms with E-state index >= 15 is 0 Å². The summed E-state index contributed by atoms with van der Waals surface area (Å²) in [7, 11) is 0. The highest BCUT2D eigenvalue weighted by Gasteiger charge is 2.18. The Bertz CT molecular complexity index is 469. The van der Waals surface area contributed by atoms with Crippen LogP contribution < -0.4 is 5.32 Å². The summed E-state index contributed by atoms with van der Waals surface area (Å²) in [6, 6.07) is 5.53. The minimum atomic E-state index is -0.468. The number of carbonyl (C=O) groups excluding carboxylic acids is 1. The molecule has 1 unspecified atom stereocenters. The number of halogens is 2. The molecule has 0 spiro atoms. The van der Waals surface area contributed by atoms with E-state index < -0.39 is 5.60 Å². The summed E-state index contributed by atoms with van der Waals surface area (Å²) in [5.41, 5.74) is 0.537. The largest absolute Gasteiger partial charge is 0.459 e. The molecule has 0 amide bonds. The molecule has 0 saturated heterocycles. The van der Waals surface area contributed by atoms with Crippen molar-refractivity contribution in [3.05, 3.63) is 33.8 Å². The second kappa shape index (κ2) is 7.30. The van der Waals surface area contributed by atoms with Crippen LogP contribution in [0.5, 0.6) is 0 Å². The van der Waals surface area contributed by atoms with Crippen LogP contribution in [0, 0.1) is 0 Å². The van der Waals surface area contributed by atoms with E-state index in [1.165, 1.54) is 0 Å². The standard InChI is InChI=1S/C15H21Cl2NO2/c1-5-13(10-6-7-11(16)12(17)8-10)18-9-14(19)20-15(2,3)4/h6-8,13,18H,5,9H2,1-4H3. The fraction of sp³-hybridized carbons (Fsp3) is 0.533. The van der Waals surface area contributed by atoms with Gasteiger partial charge in [-0.1, -0.05) is 36.2 Å². The SMILES string of the molecule is CCC(NCC(=O)OC(C)(C)C)c1ccc(Cl)c(Cl)c1. The summed E-state index contributed by atoms with van der Waals surface area (Å²) in [5, 5.41) is 4.22. The molecule has 1 rings (SSSR count). The molecule has 1 aromatic rings. The quantitative estimate of drug-likeness (QED) is 0.819. The van der Waals surface area contributed by atoms with Gasteiger partial charge in [0.2, 0.25) is 0 Å². The molecule has 0 aliphatic rings. The van der Waals surface area contributed by atoms with E-state index in [0.717, 1.165) is 12.0 Å². The molecule has 0 aliphatic carbocycles. The molecule has 0 heterocycles. The van der Waals surface area contributed by atoms with Gasteiger partial charge in [0.15, 0.2) is 0 Å². The van der Waals surface area contributed by atoms with Gasteiger partial charge in [-0.05, 0) is 44.9 Å². The second-order valence-electron chi connectivity index (χ2n) is 5.60. The summed E-state index contributed by atoms with van der Waals surface area (Å²) >= 11 is 11.9. The van der Waals surface area contributed by atoms with Gasteiger partial charge in [0.1, 0.15) is 5.60 Å². The Hall–Kier alpha value is -0.770. The van der Waals surface area contributed by atoms with E-state index in [9.17, 15) is 4.79 Å². The van der Waals surface area contributed by atoms with Crippen LogP contribution in [0.15, 0.2) is 18.2 Å². The van der Waals surface area contributed by atoms with Crippen LogP contribution in [0.4, 0.5) is 0 Å². The summed E-state index contributed by atoms with van der Waals surface area (Å²) < 4.78 is 5.26. The number of carbonyl (C=O) groups is 1. The predicted octanol–water partition coefficient (Wildman–Crippen LogP) is 4.38. The Labute approximate surface area is 130 Å². The molecule has 0 aliphatic heterocycles. The third kappa shape index (κ3) is 5.70. The number of rotatable bonds is 5. The van der Waals surface area contributed by atoms with E-state index in [2.05, 4.69) is 5.32 Å². The van der Waals surface area contributed by atoms with Crippen LogP contribution in [-0.4, -0.2) is 18.1 Å². The van der Waals surface area contributed by atoms with E-state index in [0.29, 0.717) is 10.0 Å². The Balaban J connectivity index is 2.63. The lowest BCUT2D eigenvalue weighted by Gasteiger charge is -2.22. The second-order valence-corrected chi connectivity index (χ2v) is 6.42. The van der Waals surface area contributed by atoms with Crippen molar-refractivity contribution >= 4 is 29.2 Å². The van der Waals surface area contributed by atoms with E-state index in [1.807, 2.05) is 39.8 Å². The van der Waals surface area contributed by atoms with Crippen molar-refractivity contribution in [1.82, 2.24) is 5.32 Å². The zero-order valence-electron chi connectivity index (χ0n) is 12.3. The van der Waals surface area contributed by atoms with Gasteiger partial charge in [-0.2, -0.15) is 0 Å². The van der Waals surface area contributed by atoms with Gasteiger partial charge in [-0.3, -0.25) is 4.79 Å². The fourth-order valence-electron chi connectivity index (χ4n) is 1.81. The van der Waals surface area contributed by atoms with Crippen molar-refractivity contribution in [2.75, 3.05) is 6.54 Å². The maximum absolute atomic E-state index is 11.7. The van der Waals surface area contributed by atoms with Gasteiger partial charge >= 0.3 is 5.97 Å². The zero-order valence-corrected chi connectivity index (χ0v) is 13.8. The third-order valence-corrected chi connectivity index (χ3v) is 3.41. The molecular formula is C15H21Cl2NO2. The van der Waals surface area contributed by atoms with Crippen LogP contribution in [-0.2, 0) is 9.53 Å². The molecule has 1 aromatic carbocycles. The van der Waals surface area contributed by atoms with Gasteiger partial charge < -0.3 is 10.1 Å². The van der Waals surface area contributed by atoms with Crippen LogP contribution in [0.2, 0.25) is 10.0 Å². The molecule has 1 N–H and O–H groups in total. The first-order valence-electron chi connectivity index (χ1n) is 6.63. The number of esters is 1. The third-order valence-electron chi connectivity index (χ3n) is 2.67. The van der Waals surface area contributed by atoms with Gasteiger partial charge in [-0.15, -0.1) is 0 Å². The molecule has 0 fully saturated rings. The monoisotopic (exact) mass is 317 g/mol. The normalized spacial score (nSPS) is 13.1. The maximum atomic E-state index is 11.7. The van der Waals surface area contributed by atoms with Gasteiger partial charge in [-0.25, -0.2) is 0 Å². The lowest BCUT2D eigenvalue weighted by atomic mass is 10.0. The Morgan fingerprint density at radius 1 is 1.30 bits per heavy atom. The van der Waals surface area contributed by atoms with Crippen LogP contribution in [0.1, 0.15) is 45.7 Å². The highest BCUT2D eigenvalue weighted by Crippen LogP contribution is 2.26. The predicted molar refractivity (Wildman–Crippen MR) is 83.3 cm³/mol. The summed E-state index contributed by atoms with van der Waals surface area (Å²) in [6.45, 7) is 7.74. The van der Waals surface area contributed by atoms with Crippen LogP contribution in [0.25, 0.3) is 0 Å². The molecule has 3 nitrogen and oxygen atoms in total. The van der Waals surface area contributed by atoms with Gasteiger partial charge in [0.05, 0.1) is 16.6 Å². The lowest BCUT2D eigenvalue weighted by molar-refractivity contribution is -0.153. The minimum Gasteiger partial charge on any atom is -0.459 e. The molecule has 0 saturated carbocycles. The topological polar surface area (TPSA) is 38.3 Å². The van der Waals surface area contributed by atoms with Crippen molar-refractivity contribution in [2.45, 2.75) is 45.8 Å². The number of ether oxygens (including phenoxy) is 1. The van der Waals surface area contributed by atoms with Crippen LogP contribution in [0.3, 0.4) is 0 Å². The molecule has 0 bridgehead atoms. The van der Waals surface area contributed by atoms with E-state index in [1.54, 1.807) is 6.07 Å². The number of hydrogen-bond donors (Lipinski definition) is 1. The number of hydrogen-bond acceptors (Lipinski definition) is 3. The summed E-state index contributed by atoms with van der Waals surface area (Å²) in [4.78, 5) is 11.7. The summed E-state index contributed by atoms with van der Waals surface area (Å²) in [5.74, 6) is -0.268. The first-order chi connectivity index (χ1) is 9.23. The molecule has 0 radical (unpaired) electrons. The molecule has 112 valence electrons. The highest BCUT2D eigenvalue weighted by molar-refractivity contribution is 6.42. The van der Waals surface area contributed by atoms with Gasteiger partial charge in [0, 0.05) is 6.04 Å². The zero-order chi connectivity index (χ0) is 15.3. The van der Waals surface area contributed by atoms with Crippen molar-refractivity contribution in [3.8, 4) is 0 Å². The van der Waals surface area contributed by atoms with Crippen molar-refractivity contribution in [2.24, 2.45) is 0 Å². The molecule has 5 heteroatoms.